The average Bonchev–Trinajstić information content (AvgIpc) is 2.99. The van der Waals surface area contributed by atoms with Crippen LogP contribution in [0.3, 0.4) is 0 Å². The average molecular weight is 412 g/mol. The van der Waals surface area contributed by atoms with Gasteiger partial charge in [-0.25, -0.2) is 5.43 Å². The van der Waals surface area contributed by atoms with Gasteiger partial charge in [-0.2, -0.15) is 12.6 Å². The van der Waals surface area contributed by atoms with Gasteiger partial charge in [0.2, 0.25) is 5.91 Å². The number of nitrogens with zero attached hydrogens (tertiary/aromatic N) is 1. The molecule has 0 aliphatic heterocycles. The normalized spacial score (nSPS) is 10.9. The molecule has 1 aromatic heterocycles. The molecule has 0 saturated carbocycles. The lowest BCUT2D eigenvalue weighted by atomic mass is 10.1. The van der Waals surface area contributed by atoms with Crippen LogP contribution in [0.2, 0.25) is 0 Å². The lowest BCUT2D eigenvalue weighted by Gasteiger charge is -2.09. The summed E-state index contributed by atoms with van der Waals surface area (Å²) in [6.45, 7) is 4.41. The summed E-state index contributed by atoms with van der Waals surface area (Å²) in [5.74, 6) is 0.977. The summed E-state index contributed by atoms with van der Waals surface area (Å²) in [4.78, 5) is 25.7. The van der Waals surface area contributed by atoms with E-state index in [0.29, 0.717) is 23.6 Å². The van der Waals surface area contributed by atoms with Crippen LogP contribution in [0.4, 0.5) is 0 Å². The molecule has 0 saturated heterocycles. The van der Waals surface area contributed by atoms with Crippen LogP contribution in [0.15, 0.2) is 42.5 Å². The molecule has 0 atom stereocenters. The van der Waals surface area contributed by atoms with Gasteiger partial charge in [-0.05, 0) is 49.7 Å². The second-order valence-corrected chi connectivity index (χ2v) is 7.28. The monoisotopic (exact) mass is 411 g/mol. The first kappa shape index (κ1) is 21.0. The van der Waals surface area contributed by atoms with Crippen LogP contribution in [0.25, 0.3) is 10.9 Å². The Morgan fingerprint density at radius 1 is 1.10 bits per heavy atom. The minimum atomic E-state index is -0.181. The summed E-state index contributed by atoms with van der Waals surface area (Å²) in [6, 6.07) is 13.0. The molecule has 7 heteroatoms. The summed E-state index contributed by atoms with van der Waals surface area (Å²) in [7, 11) is 1.59. The van der Waals surface area contributed by atoms with Gasteiger partial charge in [0, 0.05) is 28.9 Å². The SMILES string of the molecule is COc1ccc2c(c1)c(CC(=O)NNCCS)c(C)n2C(=O)c1ccc(C)cc1. The van der Waals surface area contributed by atoms with Gasteiger partial charge in [0.05, 0.1) is 19.0 Å². The number of rotatable bonds is 7. The third kappa shape index (κ3) is 4.46. The van der Waals surface area contributed by atoms with E-state index in [-0.39, 0.29) is 18.2 Å². The first-order valence-electron chi connectivity index (χ1n) is 9.38. The van der Waals surface area contributed by atoms with Crippen LogP contribution < -0.4 is 15.6 Å². The molecule has 1 amide bonds. The highest BCUT2D eigenvalue weighted by Gasteiger charge is 2.22. The molecule has 0 aliphatic carbocycles. The van der Waals surface area contributed by atoms with Crippen LogP contribution >= 0.6 is 12.6 Å². The maximum absolute atomic E-state index is 13.3. The van der Waals surface area contributed by atoms with Gasteiger partial charge in [0.1, 0.15) is 5.75 Å². The number of ether oxygens (including phenoxy) is 1. The van der Waals surface area contributed by atoms with Crippen LogP contribution in [-0.4, -0.2) is 35.8 Å². The Hall–Kier alpha value is -2.77. The second-order valence-electron chi connectivity index (χ2n) is 6.83. The maximum atomic E-state index is 13.3. The van der Waals surface area contributed by atoms with E-state index in [9.17, 15) is 9.59 Å². The quantitative estimate of drug-likeness (QED) is 0.317. The Bertz CT molecular complexity index is 1040. The van der Waals surface area contributed by atoms with Gasteiger partial charge in [0.15, 0.2) is 0 Å². The van der Waals surface area contributed by atoms with Crippen molar-refractivity contribution in [2.45, 2.75) is 20.3 Å². The number of hydrogen-bond donors (Lipinski definition) is 3. The van der Waals surface area contributed by atoms with Crippen molar-refractivity contribution in [2.24, 2.45) is 0 Å². The van der Waals surface area contributed by atoms with Crippen molar-refractivity contribution in [1.29, 1.82) is 0 Å². The molecule has 0 radical (unpaired) electrons. The fraction of sp³-hybridized carbons (Fsp3) is 0.273. The van der Waals surface area contributed by atoms with Crippen molar-refractivity contribution < 1.29 is 14.3 Å². The van der Waals surface area contributed by atoms with E-state index >= 15 is 0 Å². The highest BCUT2D eigenvalue weighted by atomic mass is 32.1. The van der Waals surface area contributed by atoms with Crippen LogP contribution in [0, 0.1) is 13.8 Å². The van der Waals surface area contributed by atoms with E-state index in [1.165, 1.54) is 0 Å². The fourth-order valence-corrected chi connectivity index (χ4v) is 3.43. The molecule has 0 bridgehead atoms. The summed E-state index contributed by atoms with van der Waals surface area (Å²) >= 11 is 4.11. The predicted octanol–water partition coefficient (Wildman–Crippen LogP) is 3.05. The van der Waals surface area contributed by atoms with Crippen LogP contribution in [0.5, 0.6) is 5.75 Å². The molecule has 3 aromatic rings. The smallest absolute Gasteiger partial charge is 0.262 e. The molecule has 0 fully saturated rings. The van der Waals surface area contributed by atoms with E-state index in [2.05, 4.69) is 23.5 Å². The number of aryl methyl sites for hydroxylation is 1. The van der Waals surface area contributed by atoms with E-state index in [4.69, 9.17) is 4.74 Å². The Morgan fingerprint density at radius 2 is 1.83 bits per heavy atom. The van der Waals surface area contributed by atoms with Gasteiger partial charge in [-0.3, -0.25) is 19.6 Å². The number of benzene rings is 2. The molecule has 0 unspecified atom stereocenters. The molecule has 2 aromatic carbocycles. The maximum Gasteiger partial charge on any atom is 0.262 e. The molecule has 0 spiro atoms. The number of amides is 1. The minimum Gasteiger partial charge on any atom is -0.497 e. The molecular weight excluding hydrogens is 386 g/mol. The molecule has 6 nitrogen and oxygen atoms in total. The number of thiol groups is 1. The number of hydrazine groups is 1. The van der Waals surface area contributed by atoms with E-state index in [1.807, 2.05) is 56.3 Å². The number of fused-ring (bicyclic) bond motifs is 1. The van der Waals surface area contributed by atoms with Gasteiger partial charge >= 0.3 is 0 Å². The van der Waals surface area contributed by atoms with Gasteiger partial charge in [0.25, 0.3) is 5.91 Å². The summed E-state index contributed by atoms with van der Waals surface area (Å²) in [6.07, 6.45) is 0.142. The van der Waals surface area contributed by atoms with E-state index < -0.39 is 0 Å². The van der Waals surface area contributed by atoms with Crippen molar-refractivity contribution in [1.82, 2.24) is 15.4 Å². The molecule has 1 heterocycles. The molecule has 2 N–H and O–H groups in total. The number of carbonyl (C=O) groups excluding carboxylic acids is 2. The number of aromatic nitrogens is 1. The zero-order valence-corrected chi connectivity index (χ0v) is 17.7. The lowest BCUT2D eigenvalue weighted by molar-refractivity contribution is -0.121. The molecule has 3 rings (SSSR count). The molecular formula is C22H25N3O3S. The number of hydrogen-bond acceptors (Lipinski definition) is 5. The summed E-state index contributed by atoms with van der Waals surface area (Å²) in [5.41, 5.74) is 9.47. The summed E-state index contributed by atoms with van der Waals surface area (Å²) in [5, 5.41) is 0.826. The van der Waals surface area contributed by atoms with Crippen molar-refractivity contribution in [3.8, 4) is 5.75 Å². The zero-order valence-electron chi connectivity index (χ0n) is 16.8. The molecule has 152 valence electrons. The van der Waals surface area contributed by atoms with Crippen molar-refractivity contribution >= 4 is 35.3 Å². The van der Waals surface area contributed by atoms with Gasteiger partial charge < -0.3 is 4.74 Å². The first-order valence-corrected chi connectivity index (χ1v) is 10.0. The van der Waals surface area contributed by atoms with Crippen molar-refractivity contribution in [3.05, 3.63) is 64.8 Å². The fourth-order valence-electron chi connectivity index (χ4n) is 3.32. The Labute approximate surface area is 175 Å². The van der Waals surface area contributed by atoms with Gasteiger partial charge in [-0.15, -0.1) is 0 Å². The first-order chi connectivity index (χ1) is 14.0. The number of carbonyl (C=O) groups is 2. The highest BCUT2D eigenvalue weighted by molar-refractivity contribution is 7.80. The van der Waals surface area contributed by atoms with E-state index in [0.717, 1.165) is 27.7 Å². The molecule has 0 aliphatic rings. The van der Waals surface area contributed by atoms with Crippen LogP contribution in [0.1, 0.15) is 27.2 Å². The van der Waals surface area contributed by atoms with Crippen LogP contribution in [-0.2, 0) is 11.2 Å². The highest BCUT2D eigenvalue weighted by Crippen LogP contribution is 2.30. The van der Waals surface area contributed by atoms with Crippen molar-refractivity contribution in [2.75, 3.05) is 19.4 Å². The summed E-state index contributed by atoms with van der Waals surface area (Å²) < 4.78 is 7.02. The second kappa shape index (κ2) is 9.15. The standard InChI is InChI=1S/C22H25N3O3S/c1-14-4-6-16(7-5-14)22(27)25-15(2)18(13-21(26)24-23-10-11-29)19-12-17(28-3)8-9-20(19)25/h4-9,12,23,29H,10-11,13H2,1-3H3,(H,24,26). The third-order valence-corrected chi connectivity index (χ3v) is 5.07. The Balaban J connectivity index is 2.06. The topological polar surface area (TPSA) is 72.4 Å². The number of methoxy groups -OCH3 is 1. The van der Waals surface area contributed by atoms with Gasteiger partial charge in [-0.1, -0.05) is 17.7 Å². The third-order valence-electron chi connectivity index (χ3n) is 4.85. The van der Waals surface area contributed by atoms with E-state index in [1.54, 1.807) is 11.7 Å². The largest absolute Gasteiger partial charge is 0.497 e. The molecule has 29 heavy (non-hydrogen) atoms. The zero-order chi connectivity index (χ0) is 21.0. The predicted molar refractivity (Wildman–Crippen MR) is 118 cm³/mol. The van der Waals surface area contributed by atoms with Crippen molar-refractivity contribution in [3.63, 3.8) is 0 Å². The Kier molecular flexibility index (Phi) is 6.61. The lowest BCUT2D eigenvalue weighted by Crippen LogP contribution is -2.39. The minimum absolute atomic E-state index is 0.127. The number of nitrogens with one attached hydrogen (secondary N) is 2. The Morgan fingerprint density at radius 3 is 2.48 bits per heavy atom.